The molecule has 0 unspecified atom stereocenters. The molecular weight excluding hydrogens is 322 g/mol. The fourth-order valence-corrected chi connectivity index (χ4v) is 2.46. The average Bonchev–Trinajstić information content (AvgIpc) is 2.32. The van der Waals surface area contributed by atoms with Gasteiger partial charge in [0.1, 0.15) is 9.50 Å². The van der Waals surface area contributed by atoms with Crippen molar-refractivity contribution in [2.75, 3.05) is 4.72 Å². The van der Waals surface area contributed by atoms with E-state index in [0.717, 1.165) is 12.3 Å². The van der Waals surface area contributed by atoms with Crippen molar-refractivity contribution < 1.29 is 8.42 Å². The lowest BCUT2D eigenvalue weighted by Crippen LogP contribution is -2.15. The van der Waals surface area contributed by atoms with Crippen LogP contribution in [0.2, 0.25) is 0 Å². The summed E-state index contributed by atoms with van der Waals surface area (Å²) in [6.45, 7) is 0. The Bertz CT molecular complexity index is 689. The van der Waals surface area contributed by atoms with Crippen LogP contribution < -0.4 is 10.3 Å². The number of aromatic amines is 1. The van der Waals surface area contributed by atoms with E-state index >= 15 is 0 Å². The molecular formula is C10H8BrN3O3S. The van der Waals surface area contributed by atoms with Crippen molar-refractivity contribution in [2.45, 2.75) is 4.90 Å². The van der Waals surface area contributed by atoms with Gasteiger partial charge in [0.05, 0.1) is 11.9 Å². The highest BCUT2D eigenvalue weighted by molar-refractivity contribution is 9.10. The summed E-state index contributed by atoms with van der Waals surface area (Å²) >= 11 is 3.15. The predicted molar refractivity (Wildman–Crippen MR) is 69.8 cm³/mol. The van der Waals surface area contributed by atoms with Crippen LogP contribution in [-0.4, -0.2) is 18.4 Å². The Kier molecular flexibility index (Phi) is 3.48. The van der Waals surface area contributed by atoms with Gasteiger partial charge in [-0.2, -0.15) is 0 Å². The van der Waals surface area contributed by atoms with Crippen LogP contribution in [0.5, 0.6) is 0 Å². The third-order valence-electron chi connectivity index (χ3n) is 2.05. The molecule has 0 aliphatic carbocycles. The van der Waals surface area contributed by atoms with Crippen molar-refractivity contribution in [3.63, 3.8) is 0 Å². The smallest absolute Gasteiger partial charge is 0.263 e. The van der Waals surface area contributed by atoms with E-state index in [0.29, 0.717) is 10.3 Å². The molecule has 0 atom stereocenters. The Hall–Kier alpha value is -1.67. The van der Waals surface area contributed by atoms with Crippen LogP contribution in [0.25, 0.3) is 0 Å². The number of nitrogens with one attached hydrogen (secondary N) is 2. The lowest BCUT2D eigenvalue weighted by Gasteiger charge is -2.07. The number of anilines is 1. The zero-order valence-corrected chi connectivity index (χ0v) is 11.3. The molecule has 94 valence electrons. The van der Waals surface area contributed by atoms with Crippen LogP contribution in [0.1, 0.15) is 0 Å². The van der Waals surface area contributed by atoms with E-state index in [1.54, 1.807) is 12.1 Å². The van der Waals surface area contributed by atoms with Gasteiger partial charge >= 0.3 is 0 Å². The van der Waals surface area contributed by atoms with E-state index in [-0.39, 0.29) is 10.5 Å². The van der Waals surface area contributed by atoms with Crippen molar-refractivity contribution in [1.29, 1.82) is 0 Å². The average molecular weight is 330 g/mol. The quantitative estimate of drug-likeness (QED) is 0.831. The van der Waals surface area contributed by atoms with Gasteiger partial charge in [0, 0.05) is 12.3 Å². The first-order valence-electron chi connectivity index (χ1n) is 4.80. The van der Waals surface area contributed by atoms with Gasteiger partial charge in [-0.3, -0.25) is 9.52 Å². The van der Waals surface area contributed by atoms with Crippen molar-refractivity contribution in [1.82, 2.24) is 9.97 Å². The van der Waals surface area contributed by atoms with Crippen molar-refractivity contribution in [2.24, 2.45) is 0 Å². The number of aromatic nitrogens is 2. The second-order valence-electron chi connectivity index (χ2n) is 3.36. The molecule has 0 amide bonds. The first-order chi connectivity index (χ1) is 8.47. The van der Waals surface area contributed by atoms with Crippen molar-refractivity contribution in [3.05, 3.63) is 51.6 Å². The molecule has 18 heavy (non-hydrogen) atoms. The summed E-state index contributed by atoms with van der Waals surface area (Å²) in [6.07, 6.45) is 2.52. The van der Waals surface area contributed by atoms with Gasteiger partial charge in [0.25, 0.3) is 10.0 Å². The Labute approximate surface area is 111 Å². The largest absolute Gasteiger partial charge is 0.328 e. The lowest BCUT2D eigenvalue weighted by atomic mass is 10.4. The van der Waals surface area contributed by atoms with Crippen molar-refractivity contribution in [3.8, 4) is 0 Å². The van der Waals surface area contributed by atoms with Gasteiger partial charge in [0.2, 0.25) is 5.56 Å². The van der Waals surface area contributed by atoms with Gasteiger partial charge in [-0.1, -0.05) is 0 Å². The fourth-order valence-electron chi connectivity index (χ4n) is 1.21. The van der Waals surface area contributed by atoms with E-state index in [9.17, 15) is 13.2 Å². The highest BCUT2D eigenvalue weighted by Crippen LogP contribution is 2.15. The van der Waals surface area contributed by atoms with Crippen LogP contribution in [0.3, 0.4) is 0 Å². The lowest BCUT2D eigenvalue weighted by molar-refractivity contribution is 0.600. The molecule has 0 radical (unpaired) electrons. The second kappa shape index (κ2) is 4.91. The molecule has 0 spiro atoms. The highest BCUT2D eigenvalue weighted by atomic mass is 79.9. The normalized spacial score (nSPS) is 11.2. The predicted octanol–water partition coefficient (Wildman–Crippen LogP) is 1.33. The maximum absolute atomic E-state index is 11.9. The van der Waals surface area contributed by atoms with E-state index in [1.807, 2.05) is 0 Å². The summed E-state index contributed by atoms with van der Waals surface area (Å²) in [6, 6.07) is 5.56. The molecule has 8 heteroatoms. The van der Waals surface area contributed by atoms with Gasteiger partial charge < -0.3 is 4.98 Å². The number of H-pyrrole nitrogens is 1. The molecule has 0 saturated carbocycles. The molecule has 0 aromatic carbocycles. The van der Waals surface area contributed by atoms with E-state index < -0.39 is 10.0 Å². The first-order valence-corrected chi connectivity index (χ1v) is 7.08. The number of hydrogen-bond donors (Lipinski definition) is 2. The zero-order chi connectivity index (χ0) is 13.2. The molecule has 0 saturated heterocycles. The number of hydrogen-bond acceptors (Lipinski definition) is 4. The molecule has 0 aliphatic heterocycles. The van der Waals surface area contributed by atoms with Crippen molar-refractivity contribution >= 4 is 31.6 Å². The Morgan fingerprint density at radius 1 is 1.22 bits per heavy atom. The maximum Gasteiger partial charge on any atom is 0.263 e. The minimum atomic E-state index is -3.72. The second-order valence-corrected chi connectivity index (χ2v) is 5.86. The maximum atomic E-state index is 11.9. The zero-order valence-electron chi connectivity index (χ0n) is 8.92. The Morgan fingerprint density at radius 2 is 2.00 bits per heavy atom. The number of sulfonamides is 1. The molecule has 0 fully saturated rings. The third-order valence-corrected chi connectivity index (χ3v) is 3.89. The molecule has 2 rings (SSSR count). The molecule has 2 aromatic rings. The topological polar surface area (TPSA) is 91.9 Å². The summed E-state index contributed by atoms with van der Waals surface area (Å²) in [7, 11) is -3.72. The summed E-state index contributed by atoms with van der Waals surface area (Å²) in [5, 5.41) is 0. The number of nitrogens with zero attached hydrogens (tertiary/aromatic N) is 1. The minimum absolute atomic E-state index is 0.0231. The summed E-state index contributed by atoms with van der Waals surface area (Å²) in [5.74, 6) is 0. The summed E-state index contributed by atoms with van der Waals surface area (Å²) < 4.78 is 26.8. The number of pyridine rings is 2. The minimum Gasteiger partial charge on any atom is -0.328 e. The Morgan fingerprint density at radius 3 is 2.56 bits per heavy atom. The van der Waals surface area contributed by atoms with Crippen LogP contribution in [0, 0.1) is 0 Å². The van der Waals surface area contributed by atoms with Gasteiger partial charge in [0.15, 0.2) is 0 Å². The van der Waals surface area contributed by atoms with Gasteiger partial charge in [-0.05, 0) is 34.1 Å². The summed E-state index contributed by atoms with van der Waals surface area (Å²) in [4.78, 5) is 17.0. The Balaban J connectivity index is 2.29. The van der Waals surface area contributed by atoms with Gasteiger partial charge in [-0.25, -0.2) is 13.4 Å². The first kappa shape index (κ1) is 12.8. The van der Waals surface area contributed by atoms with E-state index in [4.69, 9.17) is 0 Å². The van der Waals surface area contributed by atoms with Crippen LogP contribution in [0.15, 0.2) is 51.0 Å². The molecule has 0 bridgehead atoms. The standard InChI is InChI=1S/C10H8BrN3O3S/c11-9-3-1-7(5-12-9)14-18(16,17)8-2-4-10(15)13-6-8/h1-6,14H,(H,13,15). The van der Waals surface area contributed by atoms with E-state index in [1.165, 1.54) is 12.3 Å². The highest BCUT2D eigenvalue weighted by Gasteiger charge is 2.14. The molecule has 2 aromatic heterocycles. The van der Waals surface area contributed by atoms with Crippen LogP contribution in [-0.2, 0) is 10.0 Å². The van der Waals surface area contributed by atoms with Gasteiger partial charge in [-0.15, -0.1) is 0 Å². The van der Waals surface area contributed by atoms with E-state index in [2.05, 4.69) is 30.6 Å². The molecule has 2 N–H and O–H groups in total. The monoisotopic (exact) mass is 329 g/mol. The van der Waals surface area contributed by atoms with Crippen LogP contribution >= 0.6 is 15.9 Å². The molecule has 0 aliphatic rings. The number of halogens is 1. The fraction of sp³-hybridized carbons (Fsp3) is 0. The molecule has 6 nitrogen and oxygen atoms in total. The SMILES string of the molecule is O=c1ccc(S(=O)(=O)Nc2ccc(Br)nc2)c[nH]1. The molecule has 2 heterocycles. The third kappa shape index (κ3) is 2.96. The number of rotatable bonds is 3. The summed E-state index contributed by atoms with van der Waals surface area (Å²) in [5.41, 5.74) is -0.0244. The van der Waals surface area contributed by atoms with Crippen LogP contribution in [0.4, 0.5) is 5.69 Å².